The quantitative estimate of drug-likeness (QED) is 0.840. The Labute approximate surface area is 134 Å². The van der Waals surface area contributed by atoms with Gasteiger partial charge in [0.25, 0.3) is 5.91 Å². The van der Waals surface area contributed by atoms with Crippen LogP contribution in [-0.4, -0.2) is 20.6 Å². The summed E-state index contributed by atoms with van der Waals surface area (Å²) in [6, 6.07) is 11.9. The fraction of sp³-hybridized carbons (Fsp3) is 0.133. The molecular weight excluding hydrogens is 320 g/mol. The zero-order valence-corrected chi connectivity index (χ0v) is 13.8. The Kier molecular flexibility index (Phi) is 4.90. The lowest BCUT2D eigenvalue weighted by Gasteiger charge is -2.11. The molecule has 22 heavy (non-hydrogen) atoms. The molecule has 0 aliphatic rings. The van der Waals surface area contributed by atoms with Crippen molar-refractivity contribution in [3.63, 3.8) is 0 Å². The van der Waals surface area contributed by atoms with Gasteiger partial charge in [0.1, 0.15) is 0 Å². The highest BCUT2D eigenvalue weighted by atomic mass is 32.2. The van der Waals surface area contributed by atoms with E-state index in [0.717, 1.165) is 4.90 Å². The van der Waals surface area contributed by atoms with Crippen LogP contribution in [0.5, 0.6) is 0 Å². The molecule has 0 unspecified atom stereocenters. The number of thioether (sulfide) groups is 1. The highest BCUT2D eigenvalue weighted by Crippen LogP contribution is 2.22. The van der Waals surface area contributed by atoms with Crippen molar-refractivity contribution in [1.29, 1.82) is 0 Å². The Morgan fingerprint density at radius 2 is 1.86 bits per heavy atom. The fourth-order valence-electron chi connectivity index (χ4n) is 2.07. The number of benzene rings is 2. The highest BCUT2D eigenvalue weighted by molar-refractivity contribution is 7.98. The largest absolute Gasteiger partial charge is 0.322 e. The van der Waals surface area contributed by atoms with Crippen LogP contribution in [0.25, 0.3) is 0 Å². The van der Waals surface area contributed by atoms with E-state index >= 15 is 0 Å². The third-order valence-electron chi connectivity index (χ3n) is 3.16. The molecule has 0 radical (unpaired) electrons. The summed E-state index contributed by atoms with van der Waals surface area (Å²) in [5, 5.41) is 7.92. The third-order valence-corrected chi connectivity index (χ3v) is 4.94. The average molecular weight is 336 g/mol. The van der Waals surface area contributed by atoms with Crippen LogP contribution in [-0.2, 0) is 10.0 Å². The summed E-state index contributed by atoms with van der Waals surface area (Å²) in [5.41, 5.74) is 1.27. The molecule has 2 rings (SSSR count). The Morgan fingerprint density at radius 1 is 1.18 bits per heavy atom. The van der Waals surface area contributed by atoms with Crippen molar-refractivity contribution in [3.8, 4) is 0 Å². The monoisotopic (exact) mass is 336 g/mol. The lowest BCUT2D eigenvalue weighted by atomic mass is 10.1. The molecule has 0 spiro atoms. The molecule has 0 heterocycles. The van der Waals surface area contributed by atoms with E-state index in [0.29, 0.717) is 11.3 Å². The van der Waals surface area contributed by atoms with E-state index in [4.69, 9.17) is 5.14 Å². The van der Waals surface area contributed by atoms with Crippen molar-refractivity contribution in [2.24, 2.45) is 5.14 Å². The molecule has 0 saturated heterocycles. The molecule has 0 aliphatic carbocycles. The molecule has 116 valence electrons. The van der Waals surface area contributed by atoms with Crippen molar-refractivity contribution in [2.75, 3.05) is 11.6 Å². The molecule has 0 fully saturated rings. The van der Waals surface area contributed by atoms with Gasteiger partial charge in [-0.15, -0.1) is 11.8 Å². The first-order valence-corrected chi connectivity index (χ1v) is 9.18. The normalized spacial score (nSPS) is 11.2. The predicted octanol–water partition coefficient (Wildman–Crippen LogP) is 2.62. The van der Waals surface area contributed by atoms with Crippen molar-refractivity contribution in [1.82, 2.24) is 0 Å². The summed E-state index contributed by atoms with van der Waals surface area (Å²) in [7, 11) is -3.86. The number of rotatable bonds is 4. The van der Waals surface area contributed by atoms with Crippen LogP contribution in [0, 0.1) is 6.92 Å². The van der Waals surface area contributed by atoms with Crippen LogP contribution < -0.4 is 10.5 Å². The second kappa shape index (κ2) is 6.51. The smallest absolute Gasteiger partial charge is 0.255 e. The molecule has 0 bridgehead atoms. The maximum absolute atomic E-state index is 12.4. The Balaban J connectivity index is 2.34. The number of hydrogen-bond donors (Lipinski definition) is 2. The summed E-state index contributed by atoms with van der Waals surface area (Å²) >= 11 is 1.57. The number of amides is 1. The minimum Gasteiger partial charge on any atom is -0.322 e. The number of nitrogens with one attached hydrogen (secondary N) is 1. The number of sulfonamides is 1. The molecule has 7 heteroatoms. The lowest BCUT2D eigenvalue weighted by Crippen LogP contribution is -2.18. The van der Waals surface area contributed by atoms with Gasteiger partial charge in [-0.3, -0.25) is 4.79 Å². The second-order valence-corrected chi connectivity index (χ2v) is 7.07. The number of hydrogen-bond acceptors (Lipinski definition) is 4. The standard InChI is InChI=1S/C15H16N2O3S2/c1-10-13(7-4-8-14(10)22(16,19)20)15(18)17-11-5-3-6-12(9-11)21-2/h3-9H,1-2H3,(H,17,18)(H2,16,19,20). The maximum atomic E-state index is 12.4. The van der Waals surface area contributed by atoms with Crippen LogP contribution in [0.15, 0.2) is 52.3 Å². The van der Waals surface area contributed by atoms with E-state index in [1.165, 1.54) is 12.1 Å². The number of carbonyl (C=O) groups excluding carboxylic acids is 1. The molecule has 2 aromatic carbocycles. The molecule has 0 saturated carbocycles. The molecule has 1 amide bonds. The molecule has 2 aromatic rings. The van der Waals surface area contributed by atoms with E-state index in [-0.39, 0.29) is 16.4 Å². The Hall–Kier alpha value is -1.83. The molecule has 0 aliphatic heterocycles. The van der Waals surface area contributed by atoms with Crippen LogP contribution in [0.2, 0.25) is 0 Å². The number of nitrogens with two attached hydrogens (primary N) is 1. The predicted molar refractivity (Wildman–Crippen MR) is 88.7 cm³/mol. The zero-order chi connectivity index (χ0) is 16.3. The maximum Gasteiger partial charge on any atom is 0.255 e. The topological polar surface area (TPSA) is 89.3 Å². The van der Waals surface area contributed by atoms with E-state index in [9.17, 15) is 13.2 Å². The summed E-state index contributed by atoms with van der Waals surface area (Å²) in [5.74, 6) is -0.374. The second-order valence-electron chi connectivity index (χ2n) is 4.66. The summed E-state index contributed by atoms with van der Waals surface area (Å²) in [6.45, 7) is 1.56. The van der Waals surface area contributed by atoms with E-state index in [2.05, 4.69) is 5.32 Å². The number of carbonyl (C=O) groups is 1. The minimum absolute atomic E-state index is 0.0435. The van der Waals surface area contributed by atoms with Gasteiger partial charge in [-0.05, 0) is 49.1 Å². The molecule has 5 nitrogen and oxygen atoms in total. The number of anilines is 1. The van der Waals surface area contributed by atoms with Crippen LogP contribution in [0.1, 0.15) is 15.9 Å². The zero-order valence-electron chi connectivity index (χ0n) is 12.2. The van der Waals surface area contributed by atoms with Crippen LogP contribution >= 0.6 is 11.8 Å². The molecule has 0 atom stereocenters. The van der Waals surface area contributed by atoms with E-state index in [1.807, 2.05) is 24.5 Å². The van der Waals surface area contributed by atoms with Gasteiger partial charge in [-0.2, -0.15) is 0 Å². The minimum atomic E-state index is -3.86. The van der Waals surface area contributed by atoms with Gasteiger partial charge in [0, 0.05) is 16.1 Å². The highest BCUT2D eigenvalue weighted by Gasteiger charge is 2.17. The fourth-order valence-corrected chi connectivity index (χ4v) is 3.33. The first-order chi connectivity index (χ1) is 10.3. The van der Waals surface area contributed by atoms with Crippen molar-refractivity contribution in [3.05, 3.63) is 53.6 Å². The molecular formula is C15H16N2O3S2. The molecule has 0 aromatic heterocycles. The first kappa shape index (κ1) is 16.5. The van der Waals surface area contributed by atoms with Crippen molar-refractivity contribution < 1.29 is 13.2 Å². The lowest BCUT2D eigenvalue weighted by molar-refractivity contribution is 0.102. The van der Waals surface area contributed by atoms with E-state index in [1.54, 1.807) is 30.8 Å². The summed E-state index contributed by atoms with van der Waals surface area (Å²) in [6.07, 6.45) is 1.95. The van der Waals surface area contributed by atoms with Crippen molar-refractivity contribution >= 4 is 33.4 Å². The van der Waals surface area contributed by atoms with Gasteiger partial charge in [0.2, 0.25) is 10.0 Å². The third kappa shape index (κ3) is 3.68. The Morgan fingerprint density at radius 3 is 2.50 bits per heavy atom. The first-order valence-electron chi connectivity index (χ1n) is 6.41. The van der Waals surface area contributed by atoms with Gasteiger partial charge in [-0.25, -0.2) is 13.6 Å². The van der Waals surface area contributed by atoms with Gasteiger partial charge < -0.3 is 5.32 Å². The van der Waals surface area contributed by atoms with E-state index < -0.39 is 10.0 Å². The Bertz CT molecular complexity index is 817. The summed E-state index contributed by atoms with van der Waals surface area (Å²) < 4.78 is 23.0. The van der Waals surface area contributed by atoms with Crippen molar-refractivity contribution in [2.45, 2.75) is 16.7 Å². The van der Waals surface area contributed by atoms with Gasteiger partial charge in [0.05, 0.1) is 4.90 Å². The van der Waals surface area contributed by atoms with Gasteiger partial charge in [0.15, 0.2) is 0 Å². The van der Waals surface area contributed by atoms with Crippen LogP contribution in [0.3, 0.4) is 0 Å². The number of primary sulfonamides is 1. The summed E-state index contributed by atoms with van der Waals surface area (Å²) in [4.78, 5) is 13.3. The van der Waals surface area contributed by atoms with Gasteiger partial charge in [-0.1, -0.05) is 12.1 Å². The van der Waals surface area contributed by atoms with Gasteiger partial charge >= 0.3 is 0 Å². The SMILES string of the molecule is CSc1cccc(NC(=O)c2cccc(S(N)(=O)=O)c2C)c1. The van der Waals surface area contributed by atoms with Crippen LogP contribution in [0.4, 0.5) is 5.69 Å². The molecule has 3 N–H and O–H groups in total. The average Bonchev–Trinajstić information content (AvgIpc) is 2.46.